The Morgan fingerprint density at radius 3 is 0.625 bits per heavy atom. The third-order valence-corrected chi connectivity index (χ3v) is 0. The first kappa shape index (κ1) is 65.2. The average molecular weight is 342 g/mol. The summed E-state index contributed by atoms with van der Waals surface area (Å²) in [6.07, 6.45) is 0. The summed E-state index contributed by atoms with van der Waals surface area (Å²) in [6, 6.07) is 0. The Hall–Kier alpha value is 3.27. The molecule has 8 heavy (non-hydrogen) atoms. The first-order valence-corrected chi connectivity index (χ1v) is 0.408. The van der Waals surface area contributed by atoms with E-state index in [2.05, 4.69) is 12.8 Å². The normalized spacial score (nSPS) is 0.750. The Morgan fingerprint density at radius 1 is 0.625 bits per heavy atom. The molecule has 0 aromatic rings. The first-order chi connectivity index (χ1) is 1.00. The monoisotopic (exact) mass is 342 g/mol. The van der Waals surface area contributed by atoms with Crippen molar-refractivity contribution in [2.45, 2.75) is 0 Å². The van der Waals surface area contributed by atoms with Crippen LogP contribution in [-0.2, 0) is 98.1 Å². The molecule has 0 rings (SSSR count). The molecule has 0 saturated carbocycles. The van der Waals surface area contributed by atoms with Crippen molar-refractivity contribution in [1.82, 2.24) is 0 Å². The van der Waals surface area contributed by atoms with Crippen LogP contribution in [0.1, 0.15) is 0 Å². The number of nitrogens with two attached hydrogens (primary N) is 1. The maximum Gasteiger partial charge on any atom is 0 e. The minimum absolute atomic E-state index is 0. The van der Waals surface area contributed by atoms with E-state index < -0.39 is 0 Å². The van der Waals surface area contributed by atoms with Gasteiger partial charge in [-0.15, -0.1) is 0 Å². The predicted molar refractivity (Wildman–Crippen MR) is 28.8 cm³/mol. The van der Waals surface area contributed by atoms with Gasteiger partial charge in [0.05, 0.1) is 0 Å². The molecule has 0 amide bonds. The summed E-state index contributed by atoms with van der Waals surface area (Å²) in [5.74, 6) is 0. The van der Waals surface area contributed by atoms with Crippen molar-refractivity contribution in [2.24, 2.45) is 5.73 Å². The largest absolute Gasteiger partial charge is 0.486 e. The van der Waals surface area contributed by atoms with Gasteiger partial charge in [0.25, 0.3) is 0 Å². The van der Waals surface area contributed by atoms with Crippen LogP contribution in [0.2, 0.25) is 0 Å². The summed E-state index contributed by atoms with van der Waals surface area (Å²) in [5, 5.41) is 0. The fourth-order valence-corrected chi connectivity index (χ4v) is 0. The van der Waals surface area contributed by atoms with Crippen LogP contribution in [0.25, 0.3) is 0 Å². The van der Waals surface area contributed by atoms with Crippen molar-refractivity contribution in [3.63, 3.8) is 0 Å². The number of hydrogen-bond donors (Lipinski definition) is 1. The van der Waals surface area contributed by atoms with Crippen LogP contribution < -0.4 is 5.73 Å². The summed E-state index contributed by atoms with van der Waals surface area (Å²) in [5.41, 5.74) is 4.25. The average Bonchev–Trinajstić information content (AvgIpc) is 1.00. The van der Waals surface area contributed by atoms with Crippen LogP contribution in [0, 0.1) is 29.3 Å². The van der Waals surface area contributed by atoms with Gasteiger partial charge in [0.2, 0.25) is 0 Å². The Balaban J connectivity index is -0.000000000333. The maximum atomic E-state index is 4.25. The molecule has 0 saturated heterocycles. The van der Waals surface area contributed by atoms with E-state index in [1.165, 1.54) is 0 Å². The summed E-state index contributed by atoms with van der Waals surface area (Å²) >= 11 is 0. The van der Waals surface area contributed by atoms with E-state index in [0.717, 1.165) is 0 Å². The second kappa shape index (κ2) is 82.5. The standard InChI is InChI=1S/CH4N.3CH3.3Y/c1-2;;;;;;/h1-2H2;3*1H3;;;/q4*-1;;;. The van der Waals surface area contributed by atoms with Gasteiger partial charge in [-0.25, -0.2) is 0 Å². The van der Waals surface area contributed by atoms with Crippen LogP contribution in [0.4, 0.5) is 0 Å². The van der Waals surface area contributed by atoms with Gasteiger partial charge in [-0.2, -0.15) is 0 Å². The first-order valence-electron chi connectivity index (χ1n) is 0.408. The van der Waals surface area contributed by atoms with Crippen LogP contribution >= 0.6 is 0 Å². The predicted octanol–water partition coefficient (Wildman–Crippen LogP) is 1.08. The molecule has 4 heteroatoms. The Bertz CT molecular complexity index is 11.2. The molecule has 47 valence electrons. The molecule has 0 heterocycles. The number of hydrogen-bond acceptors (Lipinski definition) is 1. The van der Waals surface area contributed by atoms with Gasteiger partial charge in [0, 0.05) is 98.1 Å². The molecule has 0 aliphatic carbocycles. The third-order valence-electron chi connectivity index (χ3n) is 0. The van der Waals surface area contributed by atoms with E-state index in [0.29, 0.717) is 0 Å². The fourth-order valence-electron chi connectivity index (χ4n) is 0. The zero-order chi connectivity index (χ0) is 2.00. The van der Waals surface area contributed by atoms with E-state index in [1.54, 1.807) is 0 Å². The smallest absolute Gasteiger partial charge is 0 e. The molecule has 0 fully saturated rings. The SMILES string of the molecule is [CH2-]N.[CH3-].[CH3-].[CH3-].[Y].[Y].[Y]. The van der Waals surface area contributed by atoms with E-state index in [4.69, 9.17) is 0 Å². The molecule has 2 N–H and O–H groups in total. The summed E-state index contributed by atoms with van der Waals surface area (Å²) in [6.45, 7) is 0. The van der Waals surface area contributed by atoms with E-state index >= 15 is 0 Å². The molecule has 0 bridgehead atoms. The third kappa shape index (κ3) is 59.3. The van der Waals surface area contributed by atoms with Crippen molar-refractivity contribution < 1.29 is 98.1 Å². The van der Waals surface area contributed by atoms with Gasteiger partial charge >= 0.3 is 0 Å². The molecule has 0 aliphatic rings. The zero-order valence-electron chi connectivity index (χ0n) is 6.02. The van der Waals surface area contributed by atoms with Crippen LogP contribution in [0.5, 0.6) is 0 Å². The van der Waals surface area contributed by atoms with Gasteiger partial charge in [0.1, 0.15) is 0 Å². The molecule has 0 unspecified atom stereocenters. The second-order valence-electron chi connectivity index (χ2n) is 0. The molecule has 0 spiro atoms. The maximum absolute atomic E-state index is 4.25. The Labute approximate surface area is 130 Å². The topological polar surface area (TPSA) is 26.0 Å². The van der Waals surface area contributed by atoms with Crippen molar-refractivity contribution in [3.05, 3.63) is 29.3 Å². The molecule has 1 nitrogen and oxygen atoms in total. The summed E-state index contributed by atoms with van der Waals surface area (Å²) in [7, 11) is 2.75. The van der Waals surface area contributed by atoms with Crippen LogP contribution in [0.3, 0.4) is 0 Å². The summed E-state index contributed by atoms with van der Waals surface area (Å²) in [4.78, 5) is 0. The van der Waals surface area contributed by atoms with Crippen molar-refractivity contribution in [3.8, 4) is 0 Å². The molecule has 0 aromatic carbocycles. The molecule has 0 atom stereocenters. The Morgan fingerprint density at radius 2 is 0.625 bits per heavy atom. The van der Waals surface area contributed by atoms with E-state index in [9.17, 15) is 0 Å². The van der Waals surface area contributed by atoms with Gasteiger partial charge in [-0.05, 0) is 0 Å². The second-order valence-corrected chi connectivity index (χ2v) is 0. The zero-order valence-corrected chi connectivity index (χ0v) is 14.5. The fraction of sp³-hybridized carbons (Fsp3) is 0. The molecular formula is C4H13NY3-4. The Kier molecular flexibility index (Phi) is 672. The minimum atomic E-state index is 0. The van der Waals surface area contributed by atoms with Gasteiger partial charge < -0.3 is 28.0 Å². The molecular weight excluding hydrogens is 329 g/mol. The molecule has 3 radical (unpaired) electrons. The molecule has 0 aromatic heterocycles. The van der Waals surface area contributed by atoms with Crippen molar-refractivity contribution in [2.75, 3.05) is 0 Å². The van der Waals surface area contributed by atoms with Gasteiger partial charge in [-0.3, -0.25) is 7.05 Å². The quantitative estimate of drug-likeness (QED) is 0.656. The van der Waals surface area contributed by atoms with Gasteiger partial charge in [0.15, 0.2) is 0 Å². The van der Waals surface area contributed by atoms with Crippen molar-refractivity contribution in [1.29, 1.82) is 0 Å². The summed E-state index contributed by atoms with van der Waals surface area (Å²) < 4.78 is 0. The van der Waals surface area contributed by atoms with Gasteiger partial charge in [-0.1, -0.05) is 0 Å². The number of rotatable bonds is 0. The minimum Gasteiger partial charge on any atom is -0.486 e. The molecule has 0 aliphatic heterocycles. The van der Waals surface area contributed by atoms with E-state index in [1.807, 2.05) is 0 Å². The van der Waals surface area contributed by atoms with Crippen LogP contribution in [-0.4, -0.2) is 0 Å². The van der Waals surface area contributed by atoms with Crippen molar-refractivity contribution >= 4 is 0 Å². The van der Waals surface area contributed by atoms with E-state index in [-0.39, 0.29) is 120 Å². The van der Waals surface area contributed by atoms with Crippen LogP contribution in [0.15, 0.2) is 0 Å².